The summed E-state index contributed by atoms with van der Waals surface area (Å²) in [6.07, 6.45) is -0.0710. The summed E-state index contributed by atoms with van der Waals surface area (Å²) in [5.74, 6) is -1.54. The largest absolute Gasteiger partial charge is 0.464 e. The van der Waals surface area contributed by atoms with Crippen LogP contribution >= 0.6 is 0 Å². The van der Waals surface area contributed by atoms with E-state index >= 15 is 0 Å². The molecule has 152 valence electrons. The first-order chi connectivity index (χ1) is 13.8. The van der Waals surface area contributed by atoms with Crippen LogP contribution in [-0.2, 0) is 19.6 Å². The van der Waals surface area contributed by atoms with Gasteiger partial charge in [-0.25, -0.2) is 12.7 Å². The van der Waals surface area contributed by atoms with Crippen LogP contribution in [0.15, 0.2) is 53.4 Å². The highest BCUT2D eigenvalue weighted by molar-refractivity contribution is 7.90. The van der Waals surface area contributed by atoms with Crippen LogP contribution in [0.3, 0.4) is 0 Å². The lowest BCUT2D eigenvalue weighted by atomic mass is 10.1. The number of carbonyl (C=O) groups excluding carboxylic acids is 3. The third-order valence-corrected chi connectivity index (χ3v) is 6.20. The number of esters is 1. The van der Waals surface area contributed by atoms with Crippen LogP contribution in [0.4, 0.5) is 0 Å². The average Bonchev–Trinajstić information content (AvgIpc) is 2.89. The first-order valence-electron chi connectivity index (χ1n) is 8.97. The zero-order chi connectivity index (χ0) is 21.0. The Morgan fingerprint density at radius 3 is 2.59 bits per heavy atom. The van der Waals surface area contributed by atoms with Gasteiger partial charge in [0.15, 0.2) is 0 Å². The monoisotopic (exact) mass is 416 g/mol. The van der Waals surface area contributed by atoms with Crippen molar-refractivity contribution in [2.24, 2.45) is 0 Å². The molecule has 29 heavy (non-hydrogen) atoms. The van der Waals surface area contributed by atoms with E-state index in [-0.39, 0.29) is 42.5 Å². The second kappa shape index (κ2) is 8.44. The molecule has 1 heterocycles. The Labute approximate surface area is 168 Å². The van der Waals surface area contributed by atoms with Crippen LogP contribution in [0.2, 0.25) is 0 Å². The van der Waals surface area contributed by atoms with E-state index in [0.717, 1.165) is 5.56 Å². The van der Waals surface area contributed by atoms with Gasteiger partial charge in [-0.05, 0) is 31.2 Å². The van der Waals surface area contributed by atoms with Crippen molar-refractivity contribution in [1.82, 2.24) is 9.62 Å². The number of sulfonamides is 1. The molecule has 0 bridgehead atoms. The lowest BCUT2D eigenvalue weighted by Crippen LogP contribution is -2.34. The topological polar surface area (TPSA) is 110 Å². The minimum absolute atomic E-state index is 0.0461. The van der Waals surface area contributed by atoms with Crippen LogP contribution in [0.1, 0.15) is 32.7 Å². The van der Waals surface area contributed by atoms with Crippen LogP contribution in [0, 0.1) is 6.92 Å². The summed E-state index contributed by atoms with van der Waals surface area (Å²) in [5, 5.41) is 2.62. The summed E-state index contributed by atoms with van der Waals surface area (Å²) in [5.41, 5.74) is 1.55. The summed E-state index contributed by atoms with van der Waals surface area (Å²) in [6, 6.07) is 13.0. The van der Waals surface area contributed by atoms with E-state index in [0.29, 0.717) is 9.87 Å². The summed E-state index contributed by atoms with van der Waals surface area (Å²) in [6.45, 7) is 1.43. The minimum Gasteiger partial charge on any atom is -0.464 e. The zero-order valence-corrected chi connectivity index (χ0v) is 16.6. The number of hydrogen-bond acceptors (Lipinski definition) is 6. The third kappa shape index (κ3) is 4.45. The Bertz CT molecular complexity index is 1060. The molecule has 0 atom stereocenters. The zero-order valence-electron chi connectivity index (χ0n) is 15.8. The normalized spacial score (nSPS) is 14.4. The first kappa shape index (κ1) is 20.5. The molecule has 2 aromatic rings. The van der Waals surface area contributed by atoms with E-state index in [1.54, 1.807) is 24.3 Å². The van der Waals surface area contributed by atoms with E-state index in [1.165, 1.54) is 18.2 Å². The van der Waals surface area contributed by atoms with E-state index in [1.807, 2.05) is 13.0 Å². The van der Waals surface area contributed by atoms with E-state index in [2.05, 4.69) is 5.32 Å². The Balaban J connectivity index is 1.44. The number of fused-ring (bicyclic) bond motifs is 1. The van der Waals surface area contributed by atoms with Crippen molar-refractivity contribution < 1.29 is 27.5 Å². The smallest absolute Gasteiger partial charge is 0.307 e. The van der Waals surface area contributed by atoms with Crippen LogP contribution in [0.25, 0.3) is 0 Å². The van der Waals surface area contributed by atoms with Crippen LogP contribution in [-0.4, -0.2) is 50.2 Å². The maximum atomic E-state index is 12.4. The SMILES string of the molecule is Cc1cccc(C(=O)NCCC(=O)OCCN2C(=O)c3ccccc3S2(=O)=O)c1. The highest BCUT2D eigenvalue weighted by Crippen LogP contribution is 2.29. The molecule has 0 unspecified atom stereocenters. The quantitative estimate of drug-likeness (QED) is 0.685. The Morgan fingerprint density at radius 2 is 1.86 bits per heavy atom. The Kier molecular flexibility index (Phi) is 5.97. The maximum absolute atomic E-state index is 12.4. The second-order valence-corrected chi connectivity index (χ2v) is 8.31. The molecule has 0 saturated heterocycles. The van der Waals surface area contributed by atoms with E-state index < -0.39 is 21.9 Å². The standard InChI is InChI=1S/C20H20N2O6S/c1-14-5-4-6-15(13-14)19(24)21-10-9-18(23)28-12-11-22-20(25)16-7-2-3-8-17(16)29(22,26)27/h2-8,13H,9-12H2,1H3,(H,21,24). The van der Waals surface area contributed by atoms with Gasteiger partial charge in [-0.15, -0.1) is 0 Å². The number of ether oxygens (including phenoxy) is 1. The van der Waals surface area contributed by atoms with Crippen molar-refractivity contribution in [3.05, 3.63) is 65.2 Å². The van der Waals surface area contributed by atoms with Gasteiger partial charge >= 0.3 is 5.97 Å². The van der Waals surface area contributed by atoms with Crippen LogP contribution < -0.4 is 5.32 Å². The van der Waals surface area contributed by atoms with Gasteiger partial charge in [0.25, 0.3) is 21.8 Å². The molecule has 8 nitrogen and oxygen atoms in total. The summed E-state index contributed by atoms with van der Waals surface area (Å²) in [4.78, 5) is 36.0. The fourth-order valence-corrected chi connectivity index (χ4v) is 4.49. The fourth-order valence-electron chi connectivity index (χ4n) is 2.93. The van der Waals surface area contributed by atoms with E-state index in [9.17, 15) is 22.8 Å². The lowest BCUT2D eigenvalue weighted by molar-refractivity contribution is -0.143. The van der Waals surface area contributed by atoms with Gasteiger partial charge in [0.1, 0.15) is 11.5 Å². The summed E-state index contributed by atoms with van der Waals surface area (Å²) >= 11 is 0. The molecule has 0 fully saturated rings. The van der Waals surface area contributed by atoms with Gasteiger partial charge in [0, 0.05) is 12.1 Å². The van der Waals surface area contributed by atoms with Gasteiger partial charge in [0.05, 0.1) is 18.5 Å². The van der Waals surface area contributed by atoms with Gasteiger partial charge in [-0.2, -0.15) is 0 Å². The van der Waals surface area contributed by atoms with Crippen LogP contribution in [0.5, 0.6) is 0 Å². The highest BCUT2D eigenvalue weighted by atomic mass is 32.2. The van der Waals surface area contributed by atoms with Gasteiger partial charge in [-0.1, -0.05) is 29.8 Å². The van der Waals surface area contributed by atoms with Gasteiger partial charge in [0.2, 0.25) is 0 Å². The van der Waals surface area contributed by atoms with Crippen molar-refractivity contribution in [2.45, 2.75) is 18.2 Å². The number of hydrogen-bond donors (Lipinski definition) is 1. The summed E-state index contributed by atoms with van der Waals surface area (Å²) < 4.78 is 30.5. The number of nitrogens with zero attached hydrogens (tertiary/aromatic N) is 1. The maximum Gasteiger partial charge on any atom is 0.307 e. The van der Waals surface area contributed by atoms with E-state index in [4.69, 9.17) is 4.74 Å². The lowest BCUT2D eigenvalue weighted by Gasteiger charge is -2.15. The number of nitrogens with one attached hydrogen (secondary N) is 1. The second-order valence-electron chi connectivity index (χ2n) is 6.47. The molecule has 0 radical (unpaired) electrons. The molecule has 9 heteroatoms. The number of benzene rings is 2. The fraction of sp³-hybridized carbons (Fsp3) is 0.250. The molecule has 2 amide bonds. The number of aryl methyl sites for hydroxylation is 1. The molecule has 0 aliphatic carbocycles. The average molecular weight is 416 g/mol. The predicted octanol–water partition coefficient (Wildman–Crippen LogP) is 1.50. The van der Waals surface area contributed by atoms with Crippen molar-refractivity contribution >= 4 is 27.8 Å². The van der Waals surface area contributed by atoms with Crippen molar-refractivity contribution in [2.75, 3.05) is 19.7 Å². The number of rotatable bonds is 7. The molecule has 3 rings (SSSR count). The molecule has 1 N–H and O–H groups in total. The van der Waals surface area contributed by atoms with Crippen molar-refractivity contribution in [1.29, 1.82) is 0 Å². The molecule has 0 saturated carbocycles. The third-order valence-electron chi connectivity index (χ3n) is 4.36. The molecule has 0 spiro atoms. The molecule has 1 aliphatic rings. The van der Waals surface area contributed by atoms with Crippen molar-refractivity contribution in [3.63, 3.8) is 0 Å². The molecule has 0 aromatic heterocycles. The molecular weight excluding hydrogens is 396 g/mol. The highest BCUT2D eigenvalue weighted by Gasteiger charge is 2.40. The molecule has 1 aliphatic heterocycles. The summed E-state index contributed by atoms with van der Waals surface area (Å²) in [7, 11) is -3.92. The first-order valence-corrected chi connectivity index (χ1v) is 10.4. The minimum atomic E-state index is -3.92. The number of amides is 2. The van der Waals surface area contributed by atoms with Gasteiger partial charge < -0.3 is 10.1 Å². The Morgan fingerprint density at radius 1 is 1.10 bits per heavy atom. The molecular formula is C20H20N2O6S. The predicted molar refractivity (Wildman–Crippen MR) is 104 cm³/mol. The van der Waals surface area contributed by atoms with Crippen molar-refractivity contribution in [3.8, 4) is 0 Å². The molecule has 2 aromatic carbocycles. The number of carbonyl (C=O) groups is 3. The van der Waals surface area contributed by atoms with Gasteiger partial charge in [-0.3, -0.25) is 14.4 Å². The Hall–Kier alpha value is -3.20.